The highest BCUT2D eigenvalue weighted by Crippen LogP contribution is 2.30. The molecule has 1 aromatic heterocycles. The van der Waals surface area contributed by atoms with Crippen molar-refractivity contribution in [3.63, 3.8) is 0 Å². The van der Waals surface area contributed by atoms with Crippen LogP contribution in [0.3, 0.4) is 0 Å². The fourth-order valence-electron chi connectivity index (χ4n) is 3.31. The Morgan fingerprint density at radius 1 is 0.962 bits per heavy atom. The molecule has 4 rings (SSSR count). The highest BCUT2D eigenvalue weighted by Gasteiger charge is 2.20. The lowest BCUT2D eigenvalue weighted by Crippen LogP contribution is -2.47. The van der Waals surface area contributed by atoms with Gasteiger partial charge in [0.2, 0.25) is 0 Å². The van der Waals surface area contributed by atoms with Crippen molar-refractivity contribution in [3.05, 3.63) is 48.5 Å². The Morgan fingerprint density at radius 3 is 2.50 bits per heavy atom. The fraction of sp³-hybridized carbons (Fsp3) is 0.350. The summed E-state index contributed by atoms with van der Waals surface area (Å²) < 4.78 is 17.2. The first-order valence-corrected chi connectivity index (χ1v) is 9.70. The molecule has 1 aliphatic rings. The number of hydrogen-bond acceptors (Lipinski definition) is 6. The van der Waals surface area contributed by atoms with Crippen molar-refractivity contribution in [1.29, 1.82) is 0 Å². The van der Waals surface area contributed by atoms with Crippen LogP contribution in [-0.4, -0.2) is 55.7 Å². The third-order valence-electron chi connectivity index (χ3n) is 4.76. The van der Waals surface area contributed by atoms with Crippen LogP contribution in [0.1, 0.15) is 0 Å². The van der Waals surface area contributed by atoms with E-state index in [0.29, 0.717) is 6.61 Å². The fourth-order valence-corrected chi connectivity index (χ4v) is 4.10. The van der Waals surface area contributed by atoms with E-state index in [-0.39, 0.29) is 0 Å². The van der Waals surface area contributed by atoms with Gasteiger partial charge in [0.25, 0.3) is 0 Å². The van der Waals surface area contributed by atoms with Crippen molar-refractivity contribution in [1.82, 2.24) is 9.27 Å². The van der Waals surface area contributed by atoms with Crippen molar-refractivity contribution >= 4 is 27.4 Å². The summed E-state index contributed by atoms with van der Waals surface area (Å²) in [6.07, 6.45) is 0. The zero-order valence-corrected chi connectivity index (χ0v) is 15.7. The lowest BCUT2D eigenvalue weighted by atomic mass is 10.2. The Kier molecular flexibility index (Phi) is 5.22. The maximum Gasteiger partial charge on any atom is 0.161 e. The summed E-state index contributed by atoms with van der Waals surface area (Å²) in [5, 5.41) is 1.27. The van der Waals surface area contributed by atoms with Crippen LogP contribution in [-0.2, 0) is 0 Å². The number of aromatic nitrogens is 1. The molecule has 0 unspecified atom stereocenters. The second kappa shape index (κ2) is 7.93. The first-order chi connectivity index (χ1) is 12.8. The summed E-state index contributed by atoms with van der Waals surface area (Å²) in [5.74, 6) is 2.73. The Bertz CT molecular complexity index is 859. The van der Waals surface area contributed by atoms with Gasteiger partial charge in [-0.1, -0.05) is 24.3 Å². The minimum atomic E-state index is 0.667. The Balaban J connectivity index is 1.29. The standard InChI is InChI=1S/C20H23N3O2S/c1-24-17-7-3-4-8-18(17)25-15-14-22-10-12-23(13-11-22)20-16-6-2-5-9-19(16)26-21-20/h2-9H,10-15H2,1H3. The molecule has 0 spiro atoms. The van der Waals surface area contributed by atoms with Crippen molar-refractivity contribution in [3.8, 4) is 11.5 Å². The van der Waals surface area contributed by atoms with Gasteiger partial charge in [0.15, 0.2) is 11.5 Å². The Labute approximate surface area is 157 Å². The zero-order chi connectivity index (χ0) is 17.8. The van der Waals surface area contributed by atoms with Gasteiger partial charge in [-0.25, -0.2) is 0 Å². The molecule has 0 saturated carbocycles. The van der Waals surface area contributed by atoms with Gasteiger partial charge in [0.05, 0.1) is 11.8 Å². The molecular formula is C20H23N3O2S. The molecule has 0 bridgehead atoms. The monoisotopic (exact) mass is 369 g/mol. The second-order valence-electron chi connectivity index (χ2n) is 6.33. The number of hydrogen-bond donors (Lipinski definition) is 0. The lowest BCUT2D eigenvalue weighted by molar-refractivity contribution is 0.196. The van der Waals surface area contributed by atoms with Crippen LogP contribution in [0, 0.1) is 0 Å². The molecule has 0 amide bonds. The maximum atomic E-state index is 5.90. The largest absolute Gasteiger partial charge is 0.493 e. The number of anilines is 1. The van der Waals surface area contributed by atoms with Gasteiger partial charge in [0, 0.05) is 38.1 Å². The van der Waals surface area contributed by atoms with Crippen molar-refractivity contribution in [2.24, 2.45) is 0 Å². The molecule has 2 heterocycles. The van der Waals surface area contributed by atoms with Gasteiger partial charge in [-0.15, -0.1) is 0 Å². The number of methoxy groups -OCH3 is 1. The predicted molar refractivity (Wildman–Crippen MR) is 107 cm³/mol. The van der Waals surface area contributed by atoms with Gasteiger partial charge in [-0.2, -0.15) is 4.37 Å². The van der Waals surface area contributed by atoms with E-state index in [9.17, 15) is 0 Å². The molecule has 1 saturated heterocycles. The molecule has 5 nitrogen and oxygen atoms in total. The summed E-state index contributed by atoms with van der Waals surface area (Å²) in [6.45, 7) is 5.65. The highest BCUT2D eigenvalue weighted by atomic mass is 32.1. The van der Waals surface area contributed by atoms with Crippen LogP contribution in [0.15, 0.2) is 48.5 Å². The molecule has 6 heteroatoms. The first-order valence-electron chi connectivity index (χ1n) is 8.92. The molecule has 1 fully saturated rings. The first kappa shape index (κ1) is 17.1. The van der Waals surface area contributed by atoms with Crippen LogP contribution in [0.2, 0.25) is 0 Å². The van der Waals surface area contributed by atoms with Gasteiger partial charge in [0.1, 0.15) is 12.4 Å². The number of nitrogens with zero attached hydrogens (tertiary/aromatic N) is 3. The van der Waals surface area contributed by atoms with E-state index in [1.165, 1.54) is 10.1 Å². The second-order valence-corrected chi connectivity index (χ2v) is 7.14. The van der Waals surface area contributed by atoms with Crippen LogP contribution >= 0.6 is 11.5 Å². The van der Waals surface area contributed by atoms with Crippen molar-refractivity contribution in [2.75, 3.05) is 51.3 Å². The molecule has 26 heavy (non-hydrogen) atoms. The smallest absolute Gasteiger partial charge is 0.161 e. The Hall–Kier alpha value is -2.31. The third-order valence-corrected chi connectivity index (χ3v) is 5.58. The number of ether oxygens (including phenoxy) is 2. The normalized spacial score (nSPS) is 15.3. The minimum absolute atomic E-state index is 0.667. The predicted octanol–water partition coefficient (Wildman–Crippen LogP) is 3.51. The van der Waals surface area contributed by atoms with Crippen molar-refractivity contribution in [2.45, 2.75) is 0 Å². The van der Waals surface area contributed by atoms with E-state index in [4.69, 9.17) is 9.47 Å². The molecule has 1 aliphatic heterocycles. The van der Waals surface area contributed by atoms with Gasteiger partial charge in [-0.3, -0.25) is 4.90 Å². The van der Waals surface area contributed by atoms with E-state index in [1.54, 1.807) is 18.6 Å². The SMILES string of the molecule is COc1ccccc1OCCN1CCN(c2nsc3ccccc23)CC1. The van der Waals surface area contributed by atoms with E-state index >= 15 is 0 Å². The quantitative estimate of drug-likeness (QED) is 0.665. The summed E-state index contributed by atoms with van der Waals surface area (Å²) >= 11 is 1.59. The number of fused-ring (bicyclic) bond motifs is 1. The average Bonchev–Trinajstić information content (AvgIpc) is 3.13. The van der Waals surface area contributed by atoms with E-state index < -0.39 is 0 Å². The maximum absolute atomic E-state index is 5.90. The zero-order valence-electron chi connectivity index (χ0n) is 14.9. The lowest BCUT2D eigenvalue weighted by Gasteiger charge is -2.35. The van der Waals surface area contributed by atoms with Gasteiger partial charge in [-0.05, 0) is 35.8 Å². The van der Waals surface area contributed by atoms with Crippen LogP contribution < -0.4 is 14.4 Å². The summed E-state index contributed by atoms with van der Waals surface area (Å²) in [6, 6.07) is 16.3. The molecule has 0 N–H and O–H groups in total. The summed E-state index contributed by atoms with van der Waals surface area (Å²) in [7, 11) is 1.67. The average molecular weight is 369 g/mol. The Morgan fingerprint density at radius 2 is 1.69 bits per heavy atom. The highest BCUT2D eigenvalue weighted by molar-refractivity contribution is 7.13. The summed E-state index contributed by atoms with van der Waals surface area (Å²) in [5.41, 5.74) is 0. The van der Waals surface area contributed by atoms with E-state index in [1.807, 2.05) is 24.3 Å². The molecule has 3 aromatic rings. The molecular weight excluding hydrogens is 346 g/mol. The molecule has 0 aliphatic carbocycles. The van der Waals surface area contributed by atoms with E-state index in [0.717, 1.165) is 50.0 Å². The van der Waals surface area contributed by atoms with Crippen LogP contribution in [0.5, 0.6) is 11.5 Å². The number of rotatable bonds is 6. The van der Waals surface area contributed by atoms with E-state index in [2.05, 4.69) is 38.4 Å². The van der Waals surface area contributed by atoms with Crippen molar-refractivity contribution < 1.29 is 9.47 Å². The molecule has 0 radical (unpaired) electrons. The number of benzene rings is 2. The van der Waals surface area contributed by atoms with Crippen LogP contribution in [0.25, 0.3) is 10.1 Å². The number of para-hydroxylation sites is 2. The van der Waals surface area contributed by atoms with Gasteiger partial charge < -0.3 is 14.4 Å². The molecule has 2 aromatic carbocycles. The van der Waals surface area contributed by atoms with Gasteiger partial charge >= 0.3 is 0 Å². The molecule has 136 valence electrons. The topological polar surface area (TPSA) is 37.8 Å². The van der Waals surface area contributed by atoms with Crippen LogP contribution in [0.4, 0.5) is 5.82 Å². The third kappa shape index (κ3) is 3.61. The number of piperazine rings is 1. The minimum Gasteiger partial charge on any atom is -0.493 e. The molecule has 0 atom stereocenters. The summed E-state index contributed by atoms with van der Waals surface area (Å²) in [4.78, 5) is 4.84.